The van der Waals surface area contributed by atoms with Crippen LogP contribution in [0.15, 0.2) is 66.7 Å². The summed E-state index contributed by atoms with van der Waals surface area (Å²) in [5.74, 6) is 1.06. The second kappa shape index (κ2) is 8.45. The summed E-state index contributed by atoms with van der Waals surface area (Å²) in [7, 11) is 1.97. The predicted octanol–water partition coefficient (Wildman–Crippen LogP) is 3.92. The molecule has 1 aromatic heterocycles. The molecule has 5 heteroatoms. The summed E-state index contributed by atoms with van der Waals surface area (Å²) in [6.45, 7) is 4.55. The molecule has 0 aliphatic rings. The van der Waals surface area contributed by atoms with Crippen LogP contribution < -0.4 is 10.2 Å². The monoisotopic (exact) mass is 360 g/mol. The molecule has 1 amide bonds. The van der Waals surface area contributed by atoms with E-state index in [1.807, 2.05) is 74.3 Å². The number of benzene rings is 2. The van der Waals surface area contributed by atoms with Gasteiger partial charge in [0.05, 0.1) is 0 Å². The van der Waals surface area contributed by atoms with Gasteiger partial charge in [-0.25, -0.2) is 9.97 Å². The topological polar surface area (TPSA) is 58.1 Å². The van der Waals surface area contributed by atoms with Gasteiger partial charge in [0, 0.05) is 31.3 Å². The third kappa shape index (κ3) is 4.91. The third-order valence-electron chi connectivity index (χ3n) is 4.05. The lowest BCUT2D eigenvalue weighted by Gasteiger charge is -2.20. The van der Waals surface area contributed by atoms with Crippen molar-refractivity contribution in [3.8, 4) is 11.4 Å². The van der Waals surface area contributed by atoms with Crippen molar-refractivity contribution in [2.75, 3.05) is 11.9 Å². The van der Waals surface area contributed by atoms with Crippen molar-refractivity contribution in [3.05, 3.63) is 78.0 Å². The van der Waals surface area contributed by atoms with Gasteiger partial charge in [-0.15, -0.1) is 0 Å². The minimum absolute atomic E-state index is 0.0399. The van der Waals surface area contributed by atoms with E-state index in [0.29, 0.717) is 23.9 Å². The fourth-order valence-electron chi connectivity index (χ4n) is 2.74. The molecule has 0 saturated heterocycles. The van der Waals surface area contributed by atoms with Gasteiger partial charge in [0.1, 0.15) is 11.5 Å². The Morgan fingerprint density at radius 2 is 1.63 bits per heavy atom. The molecule has 0 atom stereocenters. The number of amides is 1. The van der Waals surface area contributed by atoms with E-state index in [0.717, 1.165) is 5.56 Å². The standard InChI is InChI=1S/C22H24N4O/c1-16(2)23-22(27)19-14-20(26(3)15-17-10-6-4-7-11-17)25-21(24-19)18-12-8-5-9-13-18/h4-14,16H,15H2,1-3H3,(H,23,27). The van der Waals surface area contributed by atoms with Crippen molar-refractivity contribution in [1.29, 1.82) is 0 Å². The quantitative estimate of drug-likeness (QED) is 0.724. The number of carbonyl (C=O) groups excluding carboxylic acids is 1. The smallest absolute Gasteiger partial charge is 0.270 e. The first kappa shape index (κ1) is 18.6. The number of nitrogens with zero attached hydrogens (tertiary/aromatic N) is 3. The molecule has 2 aromatic carbocycles. The summed E-state index contributed by atoms with van der Waals surface area (Å²) in [5.41, 5.74) is 2.42. The molecule has 1 N–H and O–H groups in total. The Labute approximate surface area is 160 Å². The first-order valence-electron chi connectivity index (χ1n) is 9.03. The van der Waals surface area contributed by atoms with Crippen molar-refractivity contribution >= 4 is 11.7 Å². The third-order valence-corrected chi connectivity index (χ3v) is 4.05. The molecule has 0 bridgehead atoms. The number of nitrogens with one attached hydrogen (secondary N) is 1. The minimum atomic E-state index is -0.195. The fourth-order valence-corrected chi connectivity index (χ4v) is 2.74. The maximum atomic E-state index is 12.6. The average molecular weight is 360 g/mol. The van der Waals surface area contributed by atoms with Crippen LogP contribution in [0.25, 0.3) is 11.4 Å². The van der Waals surface area contributed by atoms with E-state index in [2.05, 4.69) is 22.4 Å². The summed E-state index contributed by atoms with van der Waals surface area (Å²) in [5, 5.41) is 2.91. The van der Waals surface area contributed by atoms with Crippen LogP contribution in [-0.4, -0.2) is 29.0 Å². The summed E-state index contributed by atoms with van der Waals surface area (Å²) >= 11 is 0. The largest absolute Gasteiger partial charge is 0.355 e. The van der Waals surface area contributed by atoms with Crippen LogP contribution >= 0.6 is 0 Å². The maximum absolute atomic E-state index is 12.6. The number of hydrogen-bond donors (Lipinski definition) is 1. The Morgan fingerprint density at radius 3 is 2.26 bits per heavy atom. The van der Waals surface area contributed by atoms with Gasteiger partial charge < -0.3 is 10.2 Å². The lowest BCUT2D eigenvalue weighted by molar-refractivity contribution is 0.0938. The Hall–Kier alpha value is -3.21. The zero-order valence-corrected chi connectivity index (χ0v) is 15.9. The van der Waals surface area contributed by atoms with Gasteiger partial charge in [0.15, 0.2) is 5.82 Å². The highest BCUT2D eigenvalue weighted by Crippen LogP contribution is 2.21. The second-order valence-corrected chi connectivity index (χ2v) is 6.77. The van der Waals surface area contributed by atoms with Gasteiger partial charge in [-0.05, 0) is 19.4 Å². The molecule has 0 aliphatic heterocycles. The first-order valence-corrected chi connectivity index (χ1v) is 9.03. The van der Waals surface area contributed by atoms with Crippen molar-refractivity contribution in [2.45, 2.75) is 26.4 Å². The molecule has 5 nitrogen and oxygen atoms in total. The molecule has 0 unspecified atom stereocenters. The molecule has 3 rings (SSSR count). The van der Waals surface area contributed by atoms with E-state index >= 15 is 0 Å². The van der Waals surface area contributed by atoms with Gasteiger partial charge in [-0.2, -0.15) is 0 Å². The second-order valence-electron chi connectivity index (χ2n) is 6.77. The van der Waals surface area contributed by atoms with Crippen LogP contribution in [0, 0.1) is 0 Å². The fraction of sp³-hybridized carbons (Fsp3) is 0.227. The Balaban J connectivity index is 1.97. The van der Waals surface area contributed by atoms with Crippen LogP contribution in [-0.2, 0) is 6.54 Å². The SMILES string of the molecule is CC(C)NC(=O)c1cc(N(C)Cc2ccccc2)nc(-c2ccccc2)n1. The Kier molecular flexibility index (Phi) is 5.81. The van der Waals surface area contributed by atoms with E-state index in [1.54, 1.807) is 6.07 Å². The highest BCUT2D eigenvalue weighted by molar-refractivity contribution is 5.93. The van der Waals surface area contributed by atoms with Gasteiger partial charge >= 0.3 is 0 Å². The van der Waals surface area contributed by atoms with E-state index in [-0.39, 0.29) is 11.9 Å². The van der Waals surface area contributed by atoms with Crippen LogP contribution in [0.4, 0.5) is 5.82 Å². The normalized spacial score (nSPS) is 10.7. The molecule has 0 radical (unpaired) electrons. The summed E-state index contributed by atoms with van der Waals surface area (Å²) in [6.07, 6.45) is 0. The number of hydrogen-bond acceptors (Lipinski definition) is 4. The van der Waals surface area contributed by atoms with Crippen LogP contribution in [0.5, 0.6) is 0 Å². The maximum Gasteiger partial charge on any atom is 0.270 e. The molecule has 27 heavy (non-hydrogen) atoms. The van der Waals surface area contributed by atoms with Crippen molar-refractivity contribution < 1.29 is 4.79 Å². The van der Waals surface area contributed by atoms with Gasteiger partial charge in [0.2, 0.25) is 0 Å². The van der Waals surface area contributed by atoms with Crippen molar-refractivity contribution in [2.24, 2.45) is 0 Å². The zero-order valence-electron chi connectivity index (χ0n) is 15.9. The van der Waals surface area contributed by atoms with Gasteiger partial charge in [0.25, 0.3) is 5.91 Å². The highest BCUT2D eigenvalue weighted by Gasteiger charge is 2.16. The summed E-state index contributed by atoms with van der Waals surface area (Å²) < 4.78 is 0. The number of anilines is 1. The first-order chi connectivity index (χ1) is 13.0. The predicted molar refractivity (Wildman–Crippen MR) is 109 cm³/mol. The Bertz CT molecular complexity index is 895. The van der Waals surface area contributed by atoms with Crippen molar-refractivity contribution in [1.82, 2.24) is 15.3 Å². The van der Waals surface area contributed by atoms with E-state index < -0.39 is 0 Å². The molecule has 0 saturated carbocycles. The number of aromatic nitrogens is 2. The summed E-state index contributed by atoms with van der Waals surface area (Å²) in [4.78, 5) is 23.8. The molecule has 1 heterocycles. The lowest BCUT2D eigenvalue weighted by atomic mass is 10.2. The molecule has 0 spiro atoms. The van der Waals surface area contributed by atoms with Crippen LogP contribution in [0.1, 0.15) is 29.9 Å². The lowest BCUT2D eigenvalue weighted by Crippen LogP contribution is -2.31. The van der Waals surface area contributed by atoms with Gasteiger partial charge in [-0.3, -0.25) is 4.79 Å². The summed E-state index contributed by atoms with van der Waals surface area (Å²) in [6, 6.07) is 21.7. The van der Waals surface area contributed by atoms with E-state index in [1.165, 1.54) is 5.56 Å². The molecule has 138 valence electrons. The van der Waals surface area contributed by atoms with Crippen LogP contribution in [0.3, 0.4) is 0 Å². The molecule has 0 fully saturated rings. The Morgan fingerprint density at radius 1 is 1.00 bits per heavy atom. The van der Waals surface area contributed by atoms with Gasteiger partial charge in [-0.1, -0.05) is 60.7 Å². The molecule has 0 aliphatic carbocycles. The molecular formula is C22H24N4O. The zero-order chi connectivity index (χ0) is 19.2. The minimum Gasteiger partial charge on any atom is -0.355 e. The number of rotatable bonds is 6. The van der Waals surface area contributed by atoms with E-state index in [9.17, 15) is 4.79 Å². The molecular weight excluding hydrogens is 336 g/mol. The van der Waals surface area contributed by atoms with Crippen LogP contribution in [0.2, 0.25) is 0 Å². The van der Waals surface area contributed by atoms with E-state index in [4.69, 9.17) is 4.98 Å². The average Bonchev–Trinajstić information content (AvgIpc) is 2.68. The molecule has 3 aromatic rings. The van der Waals surface area contributed by atoms with Crippen molar-refractivity contribution in [3.63, 3.8) is 0 Å². The number of carbonyl (C=O) groups is 1. The highest BCUT2D eigenvalue weighted by atomic mass is 16.1.